The van der Waals surface area contributed by atoms with E-state index in [0.717, 1.165) is 43.0 Å². The van der Waals surface area contributed by atoms with E-state index in [1.807, 2.05) is 24.3 Å². The van der Waals surface area contributed by atoms with Crippen LogP contribution in [0.5, 0.6) is 5.75 Å². The second kappa shape index (κ2) is 18.7. The number of benzene rings is 3. The van der Waals surface area contributed by atoms with Gasteiger partial charge in [-0.2, -0.15) is 8.78 Å². The SMILES string of the molecule is CC(=O)OC[C@H]1O[C@@H](OC[C@H](NC(=O)OCC2c3ccccc3-c3ccccc32)C(=O)Oc2c(F)c(F)c(F)c(F)c2F)[C@H](n2c(=O)ssc2=O)[C@@H](OC(C)=O)[C@@H]1OC(C)=O. The highest BCUT2D eigenvalue weighted by atomic mass is 32.9. The standard InChI is InChI=1S/C38H31F5N2O14S2/c1-15(46)53-14-24-31(56-16(2)47)33(57-17(3)48)30(45-37(51)60-61-38(45)52)35(58-24)54-13-23(34(49)59-32-28(42)26(40)25(39)27(41)29(32)43)44-36(50)55-12-22-20-10-6-4-8-18(20)19-9-5-7-11-21(19)22/h4-11,22-24,30-31,33,35H,12-14H2,1-3H3,(H,44,50)/t23-,24+,30+,31+,33+,35+/m0/s1. The molecule has 0 radical (unpaired) electrons. The summed E-state index contributed by atoms with van der Waals surface area (Å²) in [5, 5.41) is 2.06. The number of hydrogen-bond donors (Lipinski definition) is 1. The summed E-state index contributed by atoms with van der Waals surface area (Å²) in [6, 6.07) is 10.3. The Balaban J connectivity index is 1.34. The van der Waals surface area contributed by atoms with Crippen molar-refractivity contribution >= 4 is 50.7 Å². The minimum atomic E-state index is -2.56. The predicted molar refractivity (Wildman–Crippen MR) is 198 cm³/mol. The second-order valence-corrected chi connectivity index (χ2v) is 15.3. The number of alkyl carbamates (subject to hydrolysis) is 1. The van der Waals surface area contributed by atoms with Crippen molar-refractivity contribution in [2.75, 3.05) is 19.8 Å². The van der Waals surface area contributed by atoms with Gasteiger partial charge in [0.15, 0.2) is 24.5 Å². The van der Waals surface area contributed by atoms with Gasteiger partial charge in [-0.25, -0.2) is 27.3 Å². The fraction of sp³-hybridized carbons (Fsp3) is 0.342. The van der Waals surface area contributed by atoms with E-state index in [2.05, 4.69) is 10.1 Å². The number of halogens is 5. The Labute approximate surface area is 347 Å². The summed E-state index contributed by atoms with van der Waals surface area (Å²) < 4.78 is 110. The molecule has 1 amide bonds. The first-order valence-electron chi connectivity index (χ1n) is 17.8. The van der Waals surface area contributed by atoms with Crippen LogP contribution in [-0.4, -0.2) is 85.0 Å². The number of carbonyl (C=O) groups excluding carboxylic acids is 5. The van der Waals surface area contributed by atoms with Gasteiger partial charge in [-0.3, -0.25) is 24.0 Å². The van der Waals surface area contributed by atoms with Crippen molar-refractivity contribution in [3.8, 4) is 16.9 Å². The summed E-state index contributed by atoms with van der Waals surface area (Å²) in [7, 11) is 0.862. The summed E-state index contributed by atoms with van der Waals surface area (Å²) in [6.07, 6.45) is -8.56. The van der Waals surface area contributed by atoms with Gasteiger partial charge in [-0.05, 0) is 42.9 Å². The third-order valence-electron chi connectivity index (χ3n) is 9.26. The van der Waals surface area contributed by atoms with Crippen molar-refractivity contribution in [3.63, 3.8) is 0 Å². The minimum Gasteiger partial charge on any atom is -0.463 e. The van der Waals surface area contributed by atoms with Crippen LogP contribution in [0.1, 0.15) is 43.9 Å². The molecule has 16 nitrogen and oxygen atoms in total. The van der Waals surface area contributed by atoms with Gasteiger partial charge < -0.3 is 38.5 Å². The van der Waals surface area contributed by atoms with E-state index in [-0.39, 0.29) is 6.61 Å². The average Bonchev–Trinajstić information content (AvgIpc) is 3.73. The van der Waals surface area contributed by atoms with Gasteiger partial charge >= 0.3 is 39.7 Å². The largest absolute Gasteiger partial charge is 0.463 e. The Morgan fingerprint density at radius 1 is 0.721 bits per heavy atom. The van der Waals surface area contributed by atoms with Gasteiger partial charge in [-0.1, -0.05) is 48.5 Å². The topological polar surface area (TPSA) is 201 Å². The zero-order valence-electron chi connectivity index (χ0n) is 31.7. The third kappa shape index (κ3) is 9.48. The predicted octanol–water partition coefficient (Wildman–Crippen LogP) is 4.25. The third-order valence-corrected chi connectivity index (χ3v) is 11.1. The molecule has 0 saturated carbocycles. The Hall–Kier alpha value is -6.04. The molecular formula is C38H31F5N2O14S2. The van der Waals surface area contributed by atoms with E-state index in [1.54, 1.807) is 24.3 Å². The van der Waals surface area contributed by atoms with Gasteiger partial charge in [0.05, 0.1) is 6.61 Å². The molecule has 1 aromatic heterocycles. The van der Waals surface area contributed by atoms with Crippen molar-refractivity contribution in [1.82, 2.24) is 9.88 Å². The Kier molecular flexibility index (Phi) is 13.6. The van der Waals surface area contributed by atoms with Crippen LogP contribution in [-0.2, 0) is 47.6 Å². The van der Waals surface area contributed by atoms with E-state index in [1.165, 1.54) is 0 Å². The first-order chi connectivity index (χ1) is 29.0. The van der Waals surface area contributed by atoms with Crippen LogP contribution in [0.25, 0.3) is 11.1 Å². The number of hydrogen-bond acceptors (Lipinski definition) is 16. The Morgan fingerprint density at radius 2 is 1.25 bits per heavy atom. The monoisotopic (exact) mass is 898 g/mol. The summed E-state index contributed by atoms with van der Waals surface area (Å²) >= 11 is 0. The zero-order chi connectivity index (χ0) is 44.3. The van der Waals surface area contributed by atoms with Gasteiger partial charge in [0, 0.05) is 26.7 Å². The molecule has 1 fully saturated rings. The summed E-state index contributed by atoms with van der Waals surface area (Å²) in [5.74, 6) is -19.9. The van der Waals surface area contributed by atoms with Gasteiger partial charge in [0.2, 0.25) is 34.8 Å². The maximum Gasteiger partial charge on any atom is 0.407 e. The molecule has 0 spiro atoms. The van der Waals surface area contributed by atoms with Gasteiger partial charge in [0.1, 0.15) is 25.4 Å². The first kappa shape index (κ1) is 44.5. The highest BCUT2D eigenvalue weighted by Gasteiger charge is 2.53. The number of aromatic nitrogens is 1. The number of esters is 4. The lowest BCUT2D eigenvalue weighted by Gasteiger charge is -2.44. The van der Waals surface area contributed by atoms with Crippen LogP contribution in [0.15, 0.2) is 58.1 Å². The maximum atomic E-state index is 14.7. The molecule has 61 heavy (non-hydrogen) atoms. The molecule has 1 saturated heterocycles. The minimum absolute atomic E-state index is 0.345. The van der Waals surface area contributed by atoms with E-state index >= 15 is 0 Å². The molecule has 1 aliphatic carbocycles. The fourth-order valence-corrected chi connectivity index (χ4v) is 8.43. The van der Waals surface area contributed by atoms with Crippen LogP contribution in [0, 0.1) is 29.1 Å². The molecule has 0 unspecified atom stereocenters. The van der Waals surface area contributed by atoms with Crippen LogP contribution in [0.4, 0.5) is 26.7 Å². The number of nitrogens with zero attached hydrogens (tertiary/aromatic N) is 1. The van der Waals surface area contributed by atoms with E-state index < -0.39 is 130 Å². The number of fused-ring (bicyclic) bond motifs is 3. The van der Waals surface area contributed by atoms with Crippen molar-refractivity contribution in [2.24, 2.45) is 0 Å². The molecule has 4 aromatic rings. The Bertz CT molecular complexity index is 2390. The van der Waals surface area contributed by atoms with Gasteiger partial charge in [-0.15, -0.1) is 0 Å². The molecule has 3 aromatic carbocycles. The molecule has 2 aliphatic rings. The van der Waals surface area contributed by atoms with Crippen molar-refractivity contribution in [1.29, 1.82) is 0 Å². The normalized spacial score (nSPS) is 19.8. The van der Waals surface area contributed by atoms with Crippen molar-refractivity contribution in [3.05, 3.63) is 108 Å². The number of rotatable bonds is 13. The highest BCUT2D eigenvalue weighted by Crippen LogP contribution is 2.44. The van der Waals surface area contributed by atoms with Crippen molar-refractivity contribution in [2.45, 2.75) is 63.4 Å². The lowest BCUT2D eigenvalue weighted by molar-refractivity contribution is -0.288. The quantitative estimate of drug-likeness (QED) is 0.0380. The zero-order valence-corrected chi connectivity index (χ0v) is 33.3. The fourth-order valence-electron chi connectivity index (χ4n) is 6.75. The molecule has 6 atom stereocenters. The van der Waals surface area contributed by atoms with Crippen LogP contribution < -0.4 is 19.8 Å². The molecule has 6 rings (SSSR count). The lowest BCUT2D eigenvalue weighted by Crippen LogP contribution is -2.62. The van der Waals surface area contributed by atoms with Crippen LogP contribution in [0.2, 0.25) is 0 Å². The number of amides is 1. The molecule has 23 heteroatoms. The molecule has 1 aliphatic heterocycles. The lowest BCUT2D eigenvalue weighted by atomic mass is 9.96. The molecule has 2 heterocycles. The highest BCUT2D eigenvalue weighted by molar-refractivity contribution is 7.67. The van der Waals surface area contributed by atoms with Crippen molar-refractivity contribution < 1.29 is 79.1 Å². The maximum absolute atomic E-state index is 14.7. The molecular weight excluding hydrogens is 868 g/mol. The van der Waals surface area contributed by atoms with Crippen LogP contribution in [0.3, 0.4) is 0 Å². The van der Waals surface area contributed by atoms with E-state index in [9.17, 15) is 55.5 Å². The molecule has 0 bridgehead atoms. The number of nitrogens with one attached hydrogen (secondary N) is 1. The number of ether oxygens (including phenoxy) is 7. The Morgan fingerprint density at radius 3 is 1.79 bits per heavy atom. The van der Waals surface area contributed by atoms with Crippen LogP contribution >= 0.6 is 20.7 Å². The van der Waals surface area contributed by atoms with E-state index in [0.29, 0.717) is 25.2 Å². The number of carbonyl (C=O) groups is 5. The smallest absolute Gasteiger partial charge is 0.407 e. The second-order valence-electron chi connectivity index (χ2n) is 13.2. The van der Waals surface area contributed by atoms with E-state index in [4.69, 9.17) is 28.4 Å². The summed E-state index contributed by atoms with van der Waals surface area (Å²) in [5.41, 5.74) is 3.27. The first-order valence-corrected chi connectivity index (χ1v) is 19.9. The summed E-state index contributed by atoms with van der Waals surface area (Å²) in [6.45, 7) is 0.597. The average molecular weight is 899 g/mol. The summed E-state index contributed by atoms with van der Waals surface area (Å²) in [4.78, 5) is 87.7. The molecule has 1 N–H and O–H groups in total. The molecule has 324 valence electrons. The van der Waals surface area contributed by atoms with Gasteiger partial charge in [0.25, 0.3) is 0 Å².